The standard InChI is InChI=1S/C9H18N2O4/c1-11(6-3-4-8(12)13)9(14)10-5-7-15-2/h3-7H2,1-2H3,(H,10,14)(H,12,13). The quantitative estimate of drug-likeness (QED) is 0.596. The second-order valence-corrected chi connectivity index (χ2v) is 3.14. The van der Waals surface area contributed by atoms with Crippen LogP contribution >= 0.6 is 0 Å². The van der Waals surface area contributed by atoms with E-state index in [1.807, 2.05) is 0 Å². The van der Waals surface area contributed by atoms with Gasteiger partial charge in [-0.1, -0.05) is 0 Å². The number of hydrogen-bond acceptors (Lipinski definition) is 3. The van der Waals surface area contributed by atoms with Gasteiger partial charge in [0, 0.05) is 33.7 Å². The summed E-state index contributed by atoms with van der Waals surface area (Å²) in [4.78, 5) is 23.0. The van der Waals surface area contributed by atoms with E-state index in [2.05, 4.69) is 5.32 Å². The lowest BCUT2D eigenvalue weighted by molar-refractivity contribution is -0.137. The van der Waals surface area contributed by atoms with Crippen molar-refractivity contribution in [2.45, 2.75) is 12.8 Å². The van der Waals surface area contributed by atoms with E-state index in [-0.39, 0.29) is 12.5 Å². The third kappa shape index (κ3) is 7.75. The highest BCUT2D eigenvalue weighted by molar-refractivity contribution is 5.73. The van der Waals surface area contributed by atoms with Crippen molar-refractivity contribution >= 4 is 12.0 Å². The van der Waals surface area contributed by atoms with Gasteiger partial charge in [0.1, 0.15) is 0 Å². The number of ether oxygens (including phenoxy) is 1. The molecule has 2 N–H and O–H groups in total. The Kier molecular flexibility index (Phi) is 7.35. The Hall–Kier alpha value is -1.30. The van der Waals surface area contributed by atoms with Gasteiger partial charge in [-0.3, -0.25) is 4.79 Å². The third-order valence-corrected chi connectivity index (χ3v) is 1.81. The predicted molar refractivity (Wildman–Crippen MR) is 54.8 cm³/mol. The van der Waals surface area contributed by atoms with Gasteiger partial charge in [-0.2, -0.15) is 0 Å². The zero-order chi connectivity index (χ0) is 11.7. The van der Waals surface area contributed by atoms with Gasteiger partial charge in [-0.15, -0.1) is 0 Å². The van der Waals surface area contributed by atoms with Gasteiger partial charge in [0.2, 0.25) is 0 Å². The molecule has 0 bridgehead atoms. The van der Waals surface area contributed by atoms with Crippen LogP contribution in [0.3, 0.4) is 0 Å². The number of amides is 2. The molecule has 0 atom stereocenters. The fourth-order valence-electron chi connectivity index (χ4n) is 0.964. The smallest absolute Gasteiger partial charge is 0.317 e. The summed E-state index contributed by atoms with van der Waals surface area (Å²) in [7, 11) is 3.19. The Labute approximate surface area is 89.2 Å². The number of nitrogens with zero attached hydrogens (tertiary/aromatic N) is 1. The highest BCUT2D eigenvalue weighted by Gasteiger charge is 2.07. The van der Waals surface area contributed by atoms with Gasteiger partial charge in [0.25, 0.3) is 0 Å². The van der Waals surface area contributed by atoms with E-state index in [1.165, 1.54) is 4.90 Å². The van der Waals surface area contributed by atoms with Crippen LogP contribution in [0.4, 0.5) is 4.79 Å². The van der Waals surface area contributed by atoms with Crippen LogP contribution in [0.5, 0.6) is 0 Å². The van der Waals surface area contributed by atoms with Crippen molar-refractivity contribution in [3.05, 3.63) is 0 Å². The van der Waals surface area contributed by atoms with Crippen molar-refractivity contribution in [3.63, 3.8) is 0 Å². The van der Waals surface area contributed by atoms with Crippen LogP contribution in [-0.2, 0) is 9.53 Å². The van der Waals surface area contributed by atoms with Crippen LogP contribution in [0.15, 0.2) is 0 Å². The van der Waals surface area contributed by atoms with Gasteiger partial charge in [-0.05, 0) is 6.42 Å². The van der Waals surface area contributed by atoms with Crippen molar-refractivity contribution < 1.29 is 19.4 Å². The maximum atomic E-state index is 11.3. The van der Waals surface area contributed by atoms with E-state index in [9.17, 15) is 9.59 Å². The number of urea groups is 1. The first-order valence-electron chi connectivity index (χ1n) is 4.77. The normalized spacial score (nSPS) is 9.73. The molecule has 0 aliphatic carbocycles. The lowest BCUT2D eigenvalue weighted by atomic mass is 10.3. The highest BCUT2D eigenvalue weighted by Crippen LogP contribution is 1.93. The molecule has 0 saturated heterocycles. The first-order valence-corrected chi connectivity index (χ1v) is 4.77. The molecule has 0 unspecified atom stereocenters. The molecule has 0 aromatic rings. The Morgan fingerprint density at radius 1 is 1.47 bits per heavy atom. The van der Waals surface area contributed by atoms with Gasteiger partial charge >= 0.3 is 12.0 Å². The molecule has 6 heteroatoms. The number of carbonyl (C=O) groups excluding carboxylic acids is 1. The SMILES string of the molecule is COCCNC(=O)N(C)CCCC(=O)O. The molecule has 0 heterocycles. The number of carboxylic acid groups (broad SMARTS) is 1. The average molecular weight is 218 g/mol. The lowest BCUT2D eigenvalue weighted by Crippen LogP contribution is -2.39. The molecule has 6 nitrogen and oxygen atoms in total. The van der Waals surface area contributed by atoms with Gasteiger partial charge < -0.3 is 20.1 Å². The molecular formula is C9H18N2O4. The second-order valence-electron chi connectivity index (χ2n) is 3.14. The Bertz CT molecular complexity index is 208. The minimum absolute atomic E-state index is 0.0791. The zero-order valence-electron chi connectivity index (χ0n) is 9.15. The number of carbonyl (C=O) groups is 2. The molecule has 0 aliphatic rings. The Morgan fingerprint density at radius 2 is 2.13 bits per heavy atom. The highest BCUT2D eigenvalue weighted by atomic mass is 16.5. The van der Waals surface area contributed by atoms with Crippen LogP contribution < -0.4 is 5.32 Å². The maximum Gasteiger partial charge on any atom is 0.317 e. The summed E-state index contributed by atoms with van der Waals surface area (Å²) < 4.78 is 4.77. The van der Waals surface area contributed by atoms with Crippen molar-refractivity contribution in [2.24, 2.45) is 0 Å². The van der Waals surface area contributed by atoms with Gasteiger partial charge in [-0.25, -0.2) is 4.79 Å². The van der Waals surface area contributed by atoms with Crippen molar-refractivity contribution in [2.75, 3.05) is 33.9 Å². The number of hydrogen-bond donors (Lipinski definition) is 2. The molecule has 0 rings (SSSR count). The van der Waals surface area contributed by atoms with Crippen LogP contribution in [0.1, 0.15) is 12.8 Å². The number of carboxylic acids is 1. The number of rotatable bonds is 7. The lowest BCUT2D eigenvalue weighted by Gasteiger charge is -2.17. The van der Waals surface area contributed by atoms with Crippen molar-refractivity contribution in [1.29, 1.82) is 0 Å². The van der Waals surface area contributed by atoms with Crippen molar-refractivity contribution in [1.82, 2.24) is 10.2 Å². The number of methoxy groups -OCH3 is 1. The topological polar surface area (TPSA) is 78.9 Å². The van der Waals surface area contributed by atoms with Crippen LogP contribution in [-0.4, -0.2) is 55.9 Å². The van der Waals surface area contributed by atoms with E-state index in [0.717, 1.165) is 0 Å². The predicted octanol–water partition coefficient (Wildman–Crippen LogP) is 0.139. The Balaban J connectivity index is 3.55. The number of nitrogens with one attached hydrogen (secondary N) is 1. The molecule has 88 valence electrons. The molecule has 0 radical (unpaired) electrons. The zero-order valence-corrected chi connectivity index (χ0v) is 9.15. The van der Waals surface area contributed by atoms with Crippen LogP contribution in [0.25, 0.3) is 0 Å². The second kappa shape index (κ2) is 8.05. The molecule has 0 fully saturated rings. The van der Waals surface area contributed by atoms with E-state index in [0.29, 0.717) is 26.1 Å². The Morgan fingerprint density at radius 3 is 2.67 bits per heavy atom. The summed E-state index contributed by atoms with van der Waals surface area (Å²) in [6, 6.07) is -0.211. The minimum atomic E-state index is -0.844. The first-order chi connectivity index (χ1) is 7.07. The van der Waals surface area contributed by atoms with E-state index >= 15 is 0 Å². The van der Waals surface area contributed by atoms with Crippen LogP contribution in [0, 0.1) is 0 Å². The molecule has 0 saturated carbocycles. The molecule has 2 amide bonds. The van der Waals surface area contributed by atoms with E-state index < -0.39 is 5.97 Å². The molecule has 0 spiro atoms. The summed E-state index contributed by atoms with van der Waals surface area (Å²) in [5.41, 5.74) is 0. The summed E-state index contributed by atoms with van der Waals surface area (Å²) in [6.45, 7) is 1.36. The summed E-state index contributed by atoms with van der Waals surface area (Å²) in [5, 5.41) is 11.0. The minimum Gasteiger partial charge on any atom is -0.481 e. The first kappa shape index (κ1) is 13.7. The van der Waals surface area contributed by atoms with Crippen LogP contribution in [0.2, 0.25) is 0 Å². The van der Waals surface area contributed by atoms with Gasteiger partial charge in [0.05, 0.1) is 6.61 Å². The average Bonchev–Trinajstić information content (AvgIpc) is 2.17. The summed E-state index contributed by atoms with van der Waals surface area (Å²) in [6.07, 6.45) is 0.541. The third-order valence-electron chi connectivity index (χ3n) is 1.81. The molecule has 0 aromatic carbocycles. The van der Waals surface area contributed by atoms with E-state index in [1.54, 1.807) is 14.2 Å². The van der Waals surface area contributed by atoms with Gasteiger partial charge in [0.15, 0.2) is 0 Å². The number of aliphatic carboxylic acids is 1. The fourth-order valence-corrected chi connectivity index (χ4v) is 0.964. The molecule has 0 aromatic heterocycles. The molecular weight excluding hydrogens is 200 g/mol. The fraction of sp³-hybridized carbons (Fsp3) is 0.778. The van der Waals surface area contributed by atoms with Crippen molar-refractivity contribution in [3.8, 4) is 0 Å². The summed E-state index contributed by atoms with van der Waals surface area (Å²) >= 11 is 0. The maximum absolute atomic E-state index is 11.3. The molecule has 0 aliphatic heterocycles. The molecule has 15 heavy (non-hydrogen) atoms. The van der Waals surface area contributed by atoms with E-state index in [4.69, 9.17) is 9.84 Å². The largest absolute Gasteiger partial charge is 0.481 e. The monoisotopic (exact) mass is 218 g/mol. The summed E-state index contributed by atoms with van der Waals surface area (Å²) in [5.74, 6) is -0.844.